The maximum atomic E-state index is 13.6. The number of nitro benzene ring substituents is 1. The topological polar surface area (TPSA) is 55.2 Å². The van der Waals surface area contributed by atoms with Gasteiger partial charge in [-0.3, -0.25) is 10.1 Å². The molecule has 0 unspecified atom stereocenters. The normalized spacial score (nSPS) is 10.3. The molecule has 0 bridgehead atoms. The lowest BCUT2D eigenvalue weighted by Crippen LogP contribution is -2.04. The Kier molecular flexibility index (Phi) is 4.34. The molecular formula is C14H12BrFN2O2. The summed E-state index contributed by atoms with van der Waals surface area (Å²) in [6.45, 7) is 1.92. The summed E-state index contributed by atoms with van der Waals surface area (Å²) in [5.74, 6) is -0.316. The van der Waals surface area contributed by atoms with Crippen LogP contribution in [-0.2, 0) is 6.54 Å². The lowest BCUT2D eigenvalue weighted by Gasteiger charge is -2.10. The second-order valence-electron chi connectivity index (χ2n) is 4.30. The van der Waals surface area contributed by atoms with Crippen molar-refractivity contribution in [2.24, 2.45) is 0 Å². The van der Waals surface area contributed by atoms with Crippen LogP contribution in [0.4, 0.5) is 15.8 Å². The third kappa shape index (κ3) is 3.14. The van der Waals surface area contributed by atoms with Gasteiger partial charge in [0.15, 0.2) is 0 Å². The molecule has 0 aliphatic heterocycles. The van der Waals surface area contributed by atoms with E-state index in [9.17, 15) is 14.5 Å². The summed E-state index contributed by atoms with van der Waals surface area (Å²) in [5.41, 5.74) is 1.70. The summed E-state index contributed by atoms with van der Waals surface area (Å²) < 4.78 is 14.4. The lowest BCUT2D eigenvalue weighted by atomic mass is 10.1. The van der Waals surface area contributed by atoms with Crippen LogP contribution < -0.4 is 5.32 Å². The molecule has 0 amide bonds. The fourth-order valence-electron chi connectivity index (χ4n) is 1.88. The maximum Gasteiger partial charge on any atom is 0.274 e. The monoisotopic (exact) mass is 338 g/mol. The van der Waals surface area contributed by atoms with Crippen molar-refractivity contribution in [1.82, 2.24) is 0 Å². The van der Waals surface area contributed by atoms with Crippen molar-refractivity contribution in [2.45, 2.75) is 13.5 Å². The van der Waals surface area contributed by atoms with E-state index in [4.69, 9.17) is 0 Å². The molecule has 20 heavy (non-hydrogen) atoms. The maximum absolute atomic E-state index is 13.6. The Labute approximate surface area is 123 Å². The van der Waals surface area contributed by atoms with Crippen LogP contribution in [0.1, 0.15) is 11.1 Å². The fraction of sp³-hybridized carbons (Fsp3) is 0.143. The average Bonchev–Trinajstić information content (AvgIpc) is 2.41. The van der Waals surface area contributed by atoms with Gasteiger partial charge in [0, 0.05) is 33.9 Å². The lowest BCUT2D eigenvalue weighted by molar-refractivity contribution is -0.385. The smallest absolute Gasteiger partial charge is 0.274 e. The van der Waals surface area contributed by atoms with Crippen LogP contribution >= 0.6 is 15.9 Å². The van der Waals surface area contributed by atoms with Crippen molar-refractivity contribution in [1.29, 1.82) is 0 Å². The van der Waals surface area contributed by atoms with Crippen LogP contribution in [0.3, 0.4) is 0 Å². The number of hydrogen-bond acceptors (Lipinski definition) is 3. The standard InChI is InChI=1S/C14H12BrFN2O2/c1-9-13(3-2-4-14(9)18(19)20)17-8-10-7-11(15)5-6-12(10)16/h2-7,17H,8H2,1H3. The van der Waals surface area contributed by atoms with Crippen LogP contribution in [0.15, 0.2) is 40.9 Å². The third-order valence-electron chi connectivity index (χ3n) is 2.98. The van der Waals surface area contributed by atoms with E-state index in [-0.39, 0.29) is 18.0 Å². The zero-order valence-corrected chi connectivity index (χ0v) is 12.3. The number of rotatable bonds is 4. The van der Waals surface area contributed by atoms with Crippen molar-refractivity contribution >= 4 is 27.3 Å². The van der Waals surface area contributed by atoms with Gasteiger partial charge in [0.2, 0.25) is 0 Å². The molecule has 0 spiro atoms. The summed E-state index contributed by atoms with van der Waals surface area (Å²) in [4.78, 5) is 10.4. The van der Waals surface area contributed by atoms with E-state index in [2.05, 4.69) is 21.2 Å². The van der Waals surface area contributed by atoms with Gasteiger partial charge in [-0.05, 0) is 31.2 Å². The Balaban J connectivity index is 2.21. The number of anilines is 1. The van der Waals surface area contributed by atoms with Crippen molar-refractivity contribution in [3.63, 3.8) is 0 Å². The summed E-state index contributed by atoms with van der Waals surface area (Å²) >= 11 is 3.28. The molecular weight excluding hydrogens is 327 g/mol. The molecule has 0 heterocycles. The number of nitrogens with one attached hydrogen (secondary N) is 1. The van der Waals surface area contributed by atoms with E-state index < -0.39 is 4.92 Å². The Bertz CT molecular complexity index is 662. The Morgan fingerprint density at radius 1 is 1.35 bits per heavy atom. The number of benzene rings is 2. The first kappa shape index (κ1) is 14.5. The summed E-state index contributed by atoms with van der Waals surface area (Å²) in [5, 5.41) is 13.9. The summed E-state index contributed by atoms with van der Waals surface area (Å²) in [6.07, 6.45) is 0. The Morgan fingerprint density at radius 3 is 2.80 bits per heavy atom. The number of nitro groups is 1. The van der Waals surface area contributed by atoms with Gasteiger partial charge in [-0.1, -0.05) is 22.0 Å². The zero-order valence-electron chi connectivity index (χ0n) is 10.7. The van der Waals surface area contributed by atoms with E-state index in [1.807, 2.05) is 0 Å². The van der Waals surface area contributed by atoms with Crippen LogP contribution in [0.5, 0.6) is 0 Å². The summed E-state index contributed by atoms with van der Waals surface area (Å²) in [7, 11) is 0. The molecule has 6 heteroatoms. The minimum absolute atomic E-state index is 0.0460. The van der Waals surface area contributed by atoms with Crippen molar-refractivity contribution in [3.8, 4) is 0 Å². The van der Waals surface area contributed by atoms with Crippen LogP contribution in [0, 0.1) is 22.9 Å². The molecule has 0 aliphatic rings. The van der Waals surface area contributed by atoms with Crippen molar-refractivity contribution in [2.75, 3.05) is 5.32 Å². The van der Waals surface area contributed by atoms with E-state index >= 15 is 0 Å². The quantitative estimate of drug-likeness (QED) is 0.663. The molecule has 2 rings (SSSR count). The molecule has 0 saturated carbocycles. The minimum atomic E-state index is -0.430. The average molecular weight is 339 g/mol. The van der Waals surface area contributed by atoms with Gasteiger partial charge in [-0.25, -0.2) is 4.39 Å². The molecule has 1 N–H and O–H groups in total. The molecule has 2 aromatic rings. The third-order valence-corrected chi connectivity index (χ3v) is 3.47. The SMILES string of the molecule is Cc1c(NCc2cc(Br)ccc2F)cccc1[N+](=O)[O-]. The molecule has 0 saturated heterocycles. The molecule has 0 radical (unpaired) electrons. The largest absolute Gasteiger partial charge is 0.380 e. The summed E-state index contributed by atoms with van der Waals surface area (Å²) in [6, 6.07) is 9.46. The van der Waals surface area contributed by atoms with E-state index in [0.29, 0.717) is 16.8 Å². The molecule has 0 fully saturated rings. The highest BCUT2D eigenvalue weighted by atomic mass is 79.9. The highest BCUT2D eigenvalue weighted by Gasteiger charge is 2.13. The molecule has 2 aromatic carbocycles. The Morgan fingerprint density at radius 2 is 2.10 bits per heavy atom. The van der Waals surface area contributed by atoms with Crippen LogP contribution in [-0.4, -0.2) is 4.92 Å². The van der Waals surface area contributed by atoms with Gasteiger partial charge >= 0.3 is 0 Å². The van der Waals surface area contributed by atoms with Gasteiger partial charge in [0.25, 0.3) is 5.69 Å². The van der Waals surface area contributed by atoms with Gasteiger partial charge in [0.05, 0.1) is 4.92 Å². The van der Waals surface area contributed by atoms with Crippen LogP contribution in [0.2, 0.25) is 0 Å². The van der Waals surface area contributed by atoms with Gasteiger partial charge in [-0.2, -0.15) is 0 Å². The molecule has 104 valence electrons. The van der Waals surface area contributed by atoms with Gasteiger partial charge in [-0.15, -0.1) is 0 Å². The van der Waals surface area contributed by atoms with Crippen molar-refractivity contribution in [3.05, 3.63) is 67.9 Å². The Hall–Kier alpha value is -1.95. The predicted molar refractivity (Wildman–Crippen MR) is 79.3 cm³/mol. The highest BCUT2D eigenvalue weighted by Crippen LogP contribution is 2.26. The number of hydrogen-bond donors (Lipinski definition) is 1. The second-order valence-corrected chi connectivity index (χ2v) is 5.21. The van der Waals surface area contributed by atoms with Gasteiger partial charge in [0.1, 0.15) is 5.82 Å². The zero-order chi connectivity index (χ0) is 14.7. The number of halogens is 2. The molecule has 4 nitrogen and oxygen atoms in total. The minimum Gasteiger partial charge on any atom is -0.380 e. The van der Waals surface area contributed by atoms with Crippen LogP contribution in [0.25, 0.3) is 0 Å². The highest BCUT2D eigenvalue weighted by molar-refractivity contribution is 9.10. The van der Waals surface area contributed by atoms with Crippen molar-refractivity contribution < 1.29 is 9.31 Å². The first-order valence-electron chi connectivity index (χ1n) is 5.91. The molecule has 0 atom stereocenters. The first-order chi connectivity index (χ1) is 9.49. The van der Waals surface area contributed by atoms with E-state index in [0.717, 1.165) is 4.47 Å². The number of nitrogens with zero attached hydrogens (tertiary/aromatic N) is 1. The molecule has 0 aromatic heterocycles. The van der Waals surface area contributed by atoms with E-state index in [1.54, 1.807) is 31.2 Å². The molecule has 0 aliphatic carbocycles. The van der Waals surface area contributed by atoms with Gasteiger partial charge < -0.3 is 5.32 Å². The predicted octanol–water partition coefficient (Wildman–Crippen LogP) is 4.42. The fourth-order valence-corrected chi connectivity index (χ4v) is 2.29. The second kappa shape index (κ2) is 6.00. The first-order valence-corrected chi connectivity index (χ1v) is 6.70. The van der Waals surface area contributed by atoms with E-state index in [1.165, 1.54) is 12.1 Å².